The van der Waals surface area contributed by atoms with E-state index in [9.17, 15) is 4.79 Å². The van der Waals surface area contributed by atoms with Crippen molar-refractivity contribution in [3.63, 3.8) is 0 Å². The first-order valence-corrected chi connectivity index (χ1v) is 6.98. The molecular formula is C11H21ClN2OS. The zero-order valence-corrected chi connectivity index (χ0v) is 11.2. The predicted octanol–water partition coefficient (Wildman–Crippen LogP) is 1.42. The molecule has 1 aliphatic carbocycles. The number of amides is 1. The molecule has 2 aliphatic rings. The Bertz CT molecular complexity index is 218. The van der Waals surface area contributed by atoms with Crippen molar-refractivity contribution in [1.29, 1.82) is 0 Å². The zero-order valence-electron chi connectivity index (χ0n) is 9.54. The number of nitrogens with one attached hydrogen (secondary N) is 2. The number of hydrogen-bond acceptors (Lipinski definition) is 3. The summed E-state index contributed by atoms with van der Waals surface area (Å²) in [5.74, 6) is 2.27. The Kier molecular flexibility index (Phi) is 6.54. The Morgan fingerprint density at radius 1 is 1.25 bits per heavy atom. The first kappa shape index (κ1) is 14.1. The van der Waals surface area contributed by atoms with E-state index in [1.54, 1.807) is 0 Å². The summed E-state index contributed by atoms with van der Waals surface area (Å²) in [6.45, 7) is 2.37. The summed E-state index contributed by atoms with van der Waals surface area (Å²) in [6.07, 6.45) is 5.26. The molecule has 1 atom stereocenters. The van der Waals surface area contributed by atoms with Gasteiger partial charge in [-0.05, 0) is 43.9 Å². The molecule has 16 heavy (non-hydrogen) atoms. The Balaban J connectivity index is 0.00000128. The predicted molar refractivity (Wildman–Crippen MR) is 71.3 cm³/mol. The van der Waals surface area contributed by atoms with Crippen molar-refractivity contribution in [2.45, 2.75) is 30.9 Å². The van der Waals surface area contributed by atoms with Crippen LogP contribution in [-0.2, 0) is 4.79 Å². The van der Waals surface area contributed by atoms with Crippen LogP contribution in [0.4, 0.5) is 0 Å². The fraction of sp³-hybridized carbons (Fsp3) is 0.909. The van der Waals surface area contributed by atoms with Crippen LogP contribution in [0, 0.1) is 5.92 Å². The number of thioether (sulfide) groups is 1. The summed E-state index contributed by atoms with van der Waals surface area (Å²) >= 11 is 1.99. The molecule has 5 heteroatoms. The van der Waals surface area contributed by atoms with Gasteiger partial charge < -0.3 is 10.6 Å². The van der Waals surface area contributed by atoms with Crippen molar-refractivity contribution in [2.24, 2.45) is 5.92 Å². The van der Waals surface area contributed by atoms with Crippen molar-refractivity contribution < 1.29 is 4.79 Å². The van der Waals surface area contributed by atoms with Crippen LogP contribution >= 0.6 is 24.2 Å². The van der Waals surface area contributed by atoms with Crippen LogP contribution in [0.2, 0.25) is 0 Å². The number of halogens is 1. The Labute approximate surface area is 108 Å². The van der Waals surface area contributed by atoms with Crippen molar-refractivity contribution in [3.8, 4) is 0 Å². The molecular weight excluding hydrogens is 244 g/mol. The number of hydrogen-bond donors (Lipinski definition) is 2. The van der Waals surface area contributed by atoms with Crippen LogP contribution in [0.15, 0.2) is 0 Å². The van der Waals surface area contributed by atoms with Gasteiger partial charge in [-0.15, -0.1) is 12.4 Å². The van der Waals surface area contributed by atoms with Crippen molar-refractivity contribution in [1.82, 2.24) is 10.6 Å². The fourth-order valence-electron chi connectivity index (χ4n) is 1.81. The highest BCUT2D eigenvalue weighted by atomic mass is 35.5. The summed E-state index contributed by atoms with van der Waals surface area (Å²) < 4.78 is 0. The SMILES string of the molecule is Cl.O=C(CNCC1CC1)NCC1CCCS1. The zero-order chi connectivity index (χ0) is 10.5. The molecule has 1 heterocycles. The fourth-order valence-corrected chi connectivity index (χ4v) is 3.01. The highest BCUT2D eigenvalue weighted by molar-refractivity contribution is 8.00. The first-order valence-electron chi connectivity index (χ1n) is 5.93. The van der Waals surface area contributed by atoms with E-state index in [-0.39, 0.29) is 18.3 Å². The van der Waals surface area contributed by atoms with Crippen LogP contribution in [0.1, 0.15) is 25.7 Å². The van der Waals surface area contributed by atoms with Crippen LogP contribution in [0.3, 0.4) is 0 Å². The van der Waals surface area contributed by atoms with Crippen molar-refractivity contribution >= 4 is 30.1 Å². The van der Waals surface area contributed by atoms with E-state index in [2.05, 4.69) is 10.6 Å². The van der Waals surface area contributed by atoms with Crippen LogP contribution in [-0.4, -0.2) is 36.5 Å². The molecule has 2 fully saturated rings. The third-order valence-electron chi connectivity index (χ3n) is 2.97. The summed E-state index contributed by atoms with van der Waals surface area (Å²) in [5, 5.41) is 6.86. The van der Waals surface area contributed by atoms with Gasteiger partial charge in [-0.3, -0.25) is 4.79 Å². The molecule has 1 saturated heterocycles. The van der Waals surface area contributed by atoms with E-state index in [4.69, 9.17) is 0 Å². The van der Waals surface area contributed by atoms with Gasteiger partial charge in [0.1, 0.15) is 0 Å². The largest absolute Gasteiger partial charge is 0.354 e. The minimum atomic E-state index is 0. The summed E-state index contributed by atoms with van der Waals surface area (Å²) in [7, 11) is 0. The lowest BCUT2D eigenvalue weighted by Crippen LogP contribution is -2.37. The third kappa shape index (κ3) is 5.41. The maximum absolute atomic E-state index is 11.4. The molecule has 1 amide bonds. The average Bonchev–Trinajstić information content (AvgIpc) is 2.91. The number of carbonyl (C=O) groups is 1. The lowest BCUT2D eigenvalue weighted by atomic mass is 10.2. The normalized spacial score (nSPS) is 23.9. The molecule has 0 bridgehead atoms. The monoisotopic (exact) mass is 264 g/mol. The van der Waals surface area contributed by atoms with Gasteiger partial charge in [0, 0.05) is 11.8 Å². The molecule has 2 N–H and O–H groups in total. The minimum absolute atomic E-state index is 0. The molecule has 2 rings (SSSR count). The first-order chi connectivity index (χ1) is 7.34. The van der Waals surface area contributed by atoms with E-state index in [1.807, 2.05) is 11.8 Å². The highest BCUT2D eigenvalue weighted by Gasteiger charge is 2.20. The van der Waals surface area contributed by atoms with E-state index in [0.717, 1.165) is 19.0 Å². The highest BCUT2D eigenvalue weighted by Crippen LogP contribution is 2.27. The maximum Gasteiger partial charge on any atom is 0.233 e. The quantitative estimate of drug-likeness (QED) is 0.763. The Morgan fingerprint density at radius 2 is 2.06 bits per heavy atom. The summed E-state index contributed by atoms with van der Waals surface area (Å²) in [4.78, 5) is 11.4. The second-order valence-corrected chi connectivity index (χ2v) is 5.92. The topological polar surface area (TPSA) is 41.1 Å². The smallest absolute Gasteiger partial charge is 0.233 e. The Morgan fingerprint density at radius 3 is 2.69 bits per heavy atom. The van der Waals surface area contributed by atoms with E-state index >= 15 is 0 Å². The lowest BCUT2D eigenvalue weighted by molar-refractivity contribution is -0.120. The Hall–Kier alpha value is 0.0700. The van der Waals surface area contributed by atoms with Gasteiger partial charge in [0.25, 0.3) is 0 Å². The minimum Gasteiger partial charge on any atom is -0.354 e. The van der Waals surface area contributed by atoms with Crippen LogP contribution in [0.5, 0.6) is 0 Å². The number of rotatable bonds is 6. The molecule has 1 saturated carbocycles. The molecule has 0 spiro atoms. The third-order valence-corrected chi connectivity index (χ3v) is 4.36. The van der Waals surface area contributed by atoms with Crippen molar-refractivity contribution in [2.75, 3.05) is 25.4 Å². The molecule has 0 aromatic heterocycles. The molecule has 94 valence electrons. The van der Waals surface area contributed by atoms with Crippen LogP contribution < -0.4 is 10.6 Å². The maximum atomic E-state index is 11.4. The van der Waals surface area contributed by atoms with Gasteiger partial charge >= 0.3 is 0 Å². The lowest BCUT2D eigenvalue weighted by Gasteiger charge is -2.10. The van der Waals surface area contributed by atoms with Gasteiger partial charge in [0.05, 0.1) is 6.54 Å². The molecule has 0 aromatic rings. The molecule has 1 unspecified atom stereocenters. The van der Waals surface area contributed by atoms with Gasteiger partial charge in [0.15, 0.2) is 0 Å². The molecule has 1 aliphatic heterocycles. The van der Waals surface area contributed by atoms with E-state index < -0.39 is 0 Å². The molecule has 3 nitrogen and oxygen atoms in total. The van der Waals surface area contributed by atoms with Gasteiger partial charge in [-0.1, -0.05) is 0 Å². The standard InChI is InChI=1S/C11H20N2OS.ClH/c14-11(8-12-6-9-3-4-9)13-7-10-2-1-5-15-10;/h9-10,12H,1-8H2,(H,13,14);1H. The second-order valence-electron chi connectivity index (χ2n) is 4.51. The van der Waals surface area contributed by atoms with E-state index in [1.165, 1.54) is 31.4 Å². The number of carbonyl (C=O) groups excluding carboxylic acids is 1. The molecule has 0 radical (unpaired) electrons. The van der Waals surface area contributed by atoms with E-state index in [0.29, 0.717) is 11.8 Å². The van der Waals surface area contributed by atoms with Crippen molar-refractivity contribution in [3.05, 3.63) is 0 Å². The van der Waals surface area contributed by atoms with Crippen LogP contribution in [0.25, 0.3) is 0 Å². The average molecular weight is 265 g/mol. The van der Waals surface area contributed by atoms with Gasteiger partial charge in [0.2, 0.25) is 5.91 Å². The second kappa shape index (κ2) is 7.41. The summed E-state index contributed by atoms with van der Waals surface area (Å²) in [5.41, 5.74) is 0. The summed E-state index contributed by atoms with van der Waals surface area (Å²) in [6, 6.07) is 0. The van der Waals surface area contributed by atoms with Gasteiger partial charge in [-0.25, -0.2) is 0 Å². The molecule has 0 aromatic carbocycles. The van der Waals surface area contributed by atoms with Gasteiger partial charge in [-0.2, -0.15) is 11.8 Å².